The summed E-state index contributed by atoms with van der Waals surface area (Å²) in [5.74, 6) is 0.841. The zero-order chi connectivity index (χ0) is 15.9. The van der Waals surface area contributed by atoms with Crippen molar-refractivity contribution in [3.05, 3.63) is 35.4 Å². The van der Waals surface area contributed by atoms with E-state index in [-0.39, 0.29) is 5.91 Å². The van der Waals surface area contributed by atoms with E-state index in [1.165, 1.54) is 5.56 Å². The first-order valence-corrected chi connectivity index (χ1v) is 8.91. The minimum absolute atomic E-state index is 0.0231. The second-order valence-electron chi connectivity index (χ2n) is 4.99. The number of carbonyl (C=O) groups excluding carboxylic acids is 1. The Labute approximate surface area is 139 Å². The van der Waals surface area contributed by atoms with E-state index < -0.39 is 0 Å². The average molecular weight is 336 g/mol. The highest BCUT2D eigenvalue weighted by atomic mass is 32.2. The first kappa shape index (κ1) is 16.8. The van der Waals surface area contributed by atoms with Gasteiger partial charge in [-0.25, -0.2) is 0 Å². The van der Waals surface area contributed by atoms with E-state index in [2.05, 4.69) is 22.4 Å². The second kappa shape index (κ2) is 8.14. The molecule has 0 fully saturated rings. The van der Waals surface area contributed by atoms with Gasteiger partial charge in [-0.2, -0.15) is 0 Å². The van der Waals surface area contributed by atoms with Crippen LogP contribution in [0, 0.1) is 0 Å². The molecule has 1 aromatic carbocycles. The molecule has 1 aromatic heterocycles. The first-order chi connectivity index (χ1) is 10.6. The quantitative estimate of drug-likeness (QED) is 0.786. The van der Waals surface area contributed by atoms with Crippen molar-refractivity contribution in [1.82, 2.24) is 15.1 Å². The van der Waals surface area contributed by atoms with Crippen LogP contribution in [0.2, 0.25) is 0 Å². The van der Waals surface area contributed by atoms with Crippen LogP contribution in [0.15, 0.2) is 28.6 Å². The number of nitrogens with one attached hydrogen (secondary N) is 1. The van der Waals surface area contributed by atoms with E-state index >= 15 is 0 Å². The molecule has 1 N–H and O–H groups in total. The summed E-state index contributed by atoms with van der Waals surface area (Å²) in [6, 6.07) is 7.71. The van der Waals surface area contributed by atoms with Crippen molar-refractivity contribution in [2.24, 2.45) is 0 Å². The van der Waals surface area contributed by atoms with E-state index in [0.717, 1.165) is 28.2 Å². The molecule has 1 heterocycles. The van der Waals surface area contributed by atoms with Gasteiger partial charge in [-0.05, 0) is 24.1 Å². The van der Waals surface area contributed by atoms with E-state index in [4.69, 9.17) is 0 Å². The first-order valence-electron chi connectivity index (χ1n) is 7.11. The SMILES string of the molecule is CCCNc1nnc(SCc2ccc(C(=O)N(C)C)cc2)s1. The molecule has 5 nitrogen and oxygen atoms in total. The van der Waals surface area contributed by atoms with Gasteiger partial charge in [0.25, 0.3) is 5.91 Å². The Bertz CT molecular complexity index is 610. The Kier molecular flexibility index (Phi) is 6.21. The molecule has 0 aliphatic carbocycles. The van der Waals surface area contributed by atoms with Crippen molar-refractivity contribution in [2.45, 2.75) is 23.4 Å². The highest BCUT2D eigenvalue weighted by molar-refractivity contribution is 8.00. The van der Waals surface area contributed by atoms with Crippen LogP contribution < -0.4 is 5.32 Å². The molecule has 0 radical (unpaired) electrons. The molecule has 1 amide bonds. The number of anilines is 1. The van der Waals surface area contributed by atoms with Gasteiger partial charge in [-0.1, -0.05) is 42.2 Å². The van der Waals surface area contributed by atoms with Gasteiger partial charge in [0.2, 0.25) is 5.13 Å². The van der Waals surface area contributed by atoms with Crippen molar-refractivity contribution in [3.63, 3.8) is 0 Å². The third-order valence-electron chi connectivity index (χ3n) is 2.90. The fourth-order valence-corrected chi connectivity index (χ4v) is 3.45. The predicted octanol–water partition coefficient (Wildman–Crippen LogP) is 3.35. The van der Waals surface area contributed by atoms with E-state index in [9.17, 15) is 4.79 Å². The molecule has 118 valence electrons. The van der Waals surface area contributed by atoms with Crippen molar-refractivity contribution < 1.29 is 4.79 Å². The zero-order valence-corrected chi connectivity index (χ0v) is 14.6. The highest BCUT2D eigenvalue weighted by Gasteiger charge is 2.08. The van der Waals surface area contributed by atoms with Crippen LogP contribution in [0.25, 0.3) is 0 Å². The molecule has 7 heteroatoms. The molecule has 0 saturated carbocycles. The number of hydrogen-bond acceptors (Lipinski definition) is 6. The number of carbonyl (C=O) groups is 1. The molecule has 22 heavy (non-hydrogen) atoms. The van der Waals surface area contributed by atoms with Crippen molar-refractivity contribution in [3.8, 4) is 0 Å². The Balaban J connectivity index is 1.89. The van der Waals surface area contributed by atoms with Crippen molar-refractivity contribution >= 4 is 34.1 Å². The fraction of sp³-hybridized carbons (Fsp3) is 0.400. The molecule has 0 saturated heterocycles. The Morgan fingerprint density at radius 2 is 2.00 bits per heavy atom. The van der Waals surface area contributed by atoms with E-state index in [0.29, 0.717) is 5.56 Å². The number of aromatic nitrogens is 2. The van der Waals surface area contributed by atoms with E-state index in [1.54, 1.807) is 42.1 Å². The van der Waals surface area contributed by atoms with Gasteiger partial charge >= 0.3 is 0 Å². The number of thioether (sulfide) groups is 1. The maximum atomic E-state index is 11.8. The van der Waals surface area contributed by atoms with Crippen LogP contribution in [-0.4, -0.2) is 41.6 Å². The molecule has 2 rings (SSSR count). The van der Waals surface area contributed by atoms with Gasteiger partial charge in [0.05, 0.1) is 0 Å². The minimum atomic E-state index is 0.0231. The third-order valence-corrected chi connectivity index (χ3v) is 4.99. The maximum absolute atomic E-state index is 11.8. The molecule has 0 spiro atoms. The fourth-order valence-electron chi connectivity index (χ4n) is 1.72. The summed E-state index contributed by atoms with van der Waals surface area (Å²) in [5.41, 5.74) is 1.87. The summed E-state index contributed by atoms with van der Waals surface area (Å²) >= 11 is 3.23. The molecule has 0 atom stereocenters. The topological polar surface area (TPSA) is 58.1 Å². The van der Waals surface area contributed by atoms with Crippen LogP contribution in [-0.2, 0) is 5.75 Å². The summed E-state index contributed by atoms with van der Waals surface area (Å²) in [5, 5.41) is 12.4. The van der Waals surface area contributed by atoms with Gasteiger partial charge in [-0.15, -0.1) is 10.2 Å². The summed E-state index contributed by atoms with van der Waals surface area (Å²) in [4.78, 5) is 13.4. The van der Waals surface area contributed by atoms with E-state index in [1.807, 2.05) is 24.3 Å². The van der Waals surface area contributed by atoms with Crippen LogP contribution in [0.3, 0.4) is 0 Å². The zero-order valence-electron chi connectivity index (χ0n) is 13.0. The molecule has 2 aromatic rings. The smallest absolute Gasteiger partial charge is 0.253 e. The van der Waals surface area contributed by atoms with Crippen molar-refractivity contribution in [1.29, 1.82) is 0 Å². The van der Waals surface area contributed by atoms with Gasteiger partial charge < -0.3 is 10.2 Å². The summed E-state index contributed by atoms with van der Waals surface area (Å²) in [6.07, 6.45) is 1.07. The van der Waals surface area contributed by atoms with Crippen LogP contribution in [0.1, 0.15) is 29.3 Å². The summed E-state index contributed by atoms with van der Waals surface area (Å²) in [6.45, 7) is 3.04. The summed E-state index contributed by atoms with van der Waals surface area (Å²) < 4.78 is 0.951. The molecule has 0 aliphatic heterocycles. The monoisotopic (exact) mass is 336 g/mol. The lowest BCUT2D eigenvalue weighted by Gasteiger charge is -2.10. The van der Waals surface area contributed by atoms with Crippen LogP contribution >= 0.6 is 23.1 Å². The van der Waals surface area contributed by atoms with Crippen LogP contribution in [0.4, 0.5) is 5.13 Å². The molecular weight excluding hydrogens is 316 g/mol. The second-order valence-corrected chi connectivity index (χ2v) is 7.19. The highest BCUT2D eigenvalue weighted by Crippen LogP contribution is 2.28. The number of rotatable bonds is 7. The van der Waals surface area contributed by atoms with Crippen molar-refractivity contribution in [2.75, 3.05) is 26.0 Å². The lowest BCUT2D eigenvalue weighted by atomic mass is 10.1. The van der Waals surface area contributed by atoms with Gasteiger partial charge in [0.1, 0.15) is 0 Å². The Morgan fingerprint density at radius 1 is 1.27 bits per heavy atom. The number of nitrogens with zero attached hydrogens (tertiary/aromatic N) is 3. The minimum Gasteiger partial charge on any atom is -0.360 e. The predicted molar refractivity (Wildman–Crippen MR) is 92.7 cm³/mol. The van der Waals surface area contributed by atoms with Gasteiger partial charge in [0.15, 0.2) is 4.34 Å². The van der Waals surface area contributed by atoms with Gasteiger partial charge in [0, 0.05) is 32.0 Å². The number of hydrogen-bond donors (Lipinski definition) is 1. The third kappa shape index (κ3) is 4.71. The molecule has 0 aliphatic rings. The lowest BCUT2D eigenvalue weighted by Crippen LogP contribution is -2.21. The Hall–Kier alpha value is -1.60. The standard InChI is InChI=1S/C15H20N4OS2/c1-4-9-16-14-17-18-15(22-14)21-10-11-5-7-12(8-6-11)13(20)19(2)3/h5-8H,4,9-10H2,1-3H3,(H,16,17). The van der Waals surface area contributed by atoms with Gasteiger partial charge in [-0.3, -0.25) is 4.79 Å². The normalized spacial score (nSPS) is 10.5. The molecule has 0 unspecified atom stereocenters. The largest absolute Gasteiger partial charge is 0.360 e. The average Bonchev–Trinajstić information content (AvgIpc) is 2.98. The lowest BCUT2D eigenvalue weighted by molar-refractivity contribution is 0.0827. The Morgan fingerprint density at radius 3 is 2.64 bits per heavy atom. The molecular formula is C15H20N4OS2. The number of amides is 1. The molecule has 0 bridgehead atoms. The maximum Gasteiger partial charge on any atom is 0.253 e. The summed E-state index contributed by atoms with van der Waals surface area (Å²) in [7, 11) is 3.51. The number of benzene rings is 1. The van der Waals surface area contributed by atoms with Crippen LogP contribution in [0.5, 0.6) is 0 Å².